The van der Waals surface area contributed by atoms with Gasteiger partial charge in [0.25, 0.3) is 6.47 Å². The molecule has 0 aliphatic rings. The van der Waals surface area contributed by atoms with E-state index in [1.165, 1.54) is 6.92 Å². The predicted molar refractivity (Wildman–Crippen MR) is 243 cm³/mol. The number of benzene rings is 4. The lowest BCUT2D eigenvalue weighted by Crippen LogP contribution is -2.18. The van der Waals surface area contributed by atoms with Gasteiger partial charge in [-0.2, -0.15) is 0 Å². The highest BCUT2D eigenvalue weighted by Crippen LogP contribution is 2.34. The predicted octanol–water partition coefficient (Wildman–Crippen LogP) is 13.2. The van der Waals surface area contributed by atoms with Crippen molar-refractivity contribution in [1.29, 1.82) is 0 Å². The number of allylic oxidation sites excluding steroid dienone is 4. The molecule has 0 saturated carbocycles. The highest BCUT2D eigenvalue weighted by molar-refractivity contribution is 5.69. The van der Waals surface area contributed by atoms with Crippen LogP contribution < -0.4 is 9.47 Å². The minimum atomic E-state index is -0.324. The average molecular weight is 789 g/mol. The third kappa shape index (κ3) is 20.4. The number of carbonyl (C=O) groups is 2. The summed E-state index contributed by atoms with van der Waals surface area (Å²) in [5, 5.41) is 18.7. The Hall–Kier alpha value is -5.80. The van der Waals surface area contributed by atoms with Gasteiger partial charge in [-0.05, 0) is 96.5 Å². The van der Waals surface area contributed by atoms with Crippen molar-refractivity contribution >= 4 is 12.4 Å². The Labute approximate surface area is 350 Å². The van der Waals surface area contributed by atoms with Gasteiger partial charge in [0.1, 0.15) is 23.0 Å². The maximum absolute atomic E-state index is 10.9. The number of phenolic OH excluding ortho intramolecular Hbond substituents is 2. The zero-order chi connectivity index (χ0) is 44.5. The second-order valence-electron chi connectivity index (χ2n) is 15.7. The molecule has 4 aromatic carbocycles. The summed E-state index contributed by atoms with van der Waals surface area (Å²) in [4.78, 5) is 21.2. The number of ether oxygens (including phenoxy) is 2. The number of esters is 1. The van der Waals surface area contributed by atoms with Crippen LogP contribution in [0.2, 0.25) is 0 Å². The van der Waals surface area contributed by atoms with E-state index >= 15 is 0 Å². The first-order valence-electron chi connectivity index (χ1n) is 19.6. The van der Waals surface area contributed by atoms with Crippen molar-refractivity contribution in [3.8, 4) is 34.8 Å². The van der Waals surface area contributed by atoms with E-state index in [0.717, 1.165) is 33.7 Å². The summed E-state index contributed by atoms with van der Waals surface area (Å²) >= 11 is 0. The van der Waals surface area contributed by atoms with Gasteiger partial charge in [-0.25, -0.2) is 0 Å². The number of hydrogen-bond acceptors (Lipinski definition) is 6. The second kappa shape index (κ2) is 26.9. The van der Waals surface area contributed by atoms with Crippen LogP contribution in [0, 0.1) is 29.6 Å². The van der Waals surface area contributed by atoms with Gasteiger partial charge in [-0.1, -0.05) is 155 Å². The number of phenols is 2. The van der Waals surface area contributed by atoms with E-state index in [1.807, 2.05) is 68.5 Å². The fourth-order valence-corrected chi connectivity index (χ4v) is 4.85. The zero-order valence-corrected chi connectivity index (χ0v) is 37.2. The van der Waals surface area contributed by atoms with Gasteiger partial charge < -0.3 is 19.7 Å². The molecule has 2 N–H and O–H groups in total. The van der Waals surface area contributed by atoms with Crippen molar-refractivity contribution < 1.29 is 29.3 Å². The molecule has 312 valence electrons. The van der Waals surface area contributed by atoms with E-state index in [9.17, 15) is 19.8 Å². The molecular formula is C52H68O6. The number of aromatic hydroxyl groups is 2. The van der Waals surface area contributed by atoms with Crippen molar-refractivity contribution in [2.45, 2.75) is 101 Å². The van der Waals surface area contributed by atoms with Crippen molar-refractivity contribution in [2.75, 3.05) is 0 Å². The molecule has 0 bridgehead atoms. The van der Waals surface area contributed by atoms with Gasteiger partial charge in [0.15, 0.2) is 0 Å². The van der Waals surface area contributed by atoms with Gasteiger partial charge >= 0.3 is 5.97 Å². The monoisotopic (exact) mass is 789 g/mol. The van der Waals surface area contributed by atoms with Crippen LogP contribution in [0.4, 0.5) is 0 Å². The molecule has 58 heavy (non-hydrogen) atoms. The molecule has 0 heterocycles. The number of hydrogen-bond donors (Lipinski definition) is 2. The number of carbonyl (C=O) groups excluding carboxylic acids is 2. The normalized spacial score (nSPS) is 11.1. The van der Waals surface area contributed by atoms with Gasteiger partial charge in [0.2, 0.25) is 0 Å². The van der Waals surface area contributed by atoms with Crippen LogP contribution in [-0.4, -0.2) is 22.7 Å². The minimum absolute atomic E-state index is 0.187. The summed E-state index contributed by atoms with van der Waals surface area (Å²) in [6.45, 7) is 34.2. The van der Waals surface area contributed by atoms with Gasteiger partial charge in [-0.15, -0.1) is 11.8 Å². The van der Waals surface area contributed by atoms with Crippen LogP contribution in [0.5, 0.6) is 23.0 Å². The third-order valence-corrected chi connectivity index (χ3v) is 8.85. The molecule has 0 aliphatic heterocycles. The fraction of sp³-hybridized carbons (Fsp3) is 0.346. The average Bonchev–Trinajstić information content (AvgIpc) is 3.16. The summed E-state index contributed by atoms with van der Waals surface area (Å²) in [6, 6.07) is 29.3. The highest BCUT2D eigenvalue weighted by atomic mass is 16.5. The first-order chi connectivity index (χ1) is 27.1. The molecule has 0 saturated heterocycles. The van der Waals surface area contributed by atoms with Gasteiger partial charge in [0, 0.05) is 23.7 Å². The molecule has 0 radical (unpaired) electrons. The molecule has 4 rings (SSSR count). The molecule has 1 unspecified atom stereocenters. The fourth-order valence-electron chi connectivity index (χ4n) is 4.85. The van der Waals surface area contributed by atoms with Crippen LogP contribution >= 0.6 is 0 Å². The molecule has 0 spiro atoms. The highest BCUT2D eigenvalue weighted by Gasteiger charge is 2.24. The summed E-state index contributed by atoms with van der Waals surface area (Å²) in [5.74, 6) is 9.35. The Morgan fingerprint density at radius 1 is 0.655 bits per heavy atom. The van der Waals surface area contributed by atoms with Crippen LogP contribution in [0.25, 0.3) is 0 Å². The Balaban J connectivity index is 0.000000786. The lowest BCUT2D eigenvalue weighted by molar-refractivity contribution is -0.131. The molecule has 0 aromatic heterocycles. The molecule has 4 aromatic rings. The summed E-state index contributed by atoms with van der Waals surface area (Å²) in [6.07, 6.45) is 5.45. The SMILES string of the molecule is C=C/C=C(/C)C=C.CC#CC(C)C(C)C.CC(=O)Oc1ccc(C(C)(C)c2ccc(O)cc2)cc1.CC(C)(c1ccc(O)cc1)c1ccc(OC=O)cc1.CC(C)C. The first kappa shape index (κ1) is 52.2. The van der Waals surface area contributed by atoms with E-state index in [2.05, 4.69) is 94.2 Å². The standard InChI is InChI=1S/C17H18O3.C16H16O3.C8H14.C7H10.C4H10/c1-12(18)20-16-10-6-14(7-11-16)17(2,3)13-4-8-15(19)9-5-13;1-16(2,12-3-7-14(18)8-4-12)13-5-9-15(10-6-13)19-11-17;1-5-6-8(4)7(2)3;1-4-6-7(3)5-2;1-4(2)3/h4-11,19H,1-3H3;3-11,18H,1-2H3;7-8H,1-4H3;4-6H,1-2H2,3H3;4H,1-3H3/b;;;7-6-;. The first-order valence-corrected chi connectivity index (χ1v) is 19.6. The quantitative estimate of drug-likeness (QED) is 0.0546. The molecule has 6 heteroatoms. The lowest BCUT2D eigenvalue weighted by Gasteiger charge is -2.26. The van der Waals surface area contributed by atoms with Crippen molar-refractivity contribution in [3.05, 3.63) is 156 Å². The minimum Gasteiger partial charge on any atom is -0.508 e. The van der Waals surface area contributed by atoms with Crippen LogP contribution in [0.15, 0.2) is 134 Å². The Kier molecular flexibility index (Phi) is 24.2. The maximum atomic E-state index is 10.9. The van der Waals surface area contributed by atoms with E-state index in [1.54, 1.807) is 60.7 Å². The van der Waals surface area contributed by atoms with Gasteiger partial charge in [0.05, 0.1) is 0 Å². The summed E-state index contributed by atoms with van der Waals surface area (Å²) in [7, 11) is 0. The maximum Gasteiger partial charge on any atom is 0.308 e. The molecule has 0 amide bonds. The number of rotatable bonds is 10. The van der Waals surface area contributed by atoms with Crippen molar-refractivity contribution in [3.63, 3.8) is 0 Å². The van der Waals surface area contributed by atoms with Crippen molar-refractivity contribution in [1.82, 2.24) is 0 Å². The molecule has 6 nitrogen and oxygen atoms in total. The lowest BCUT2D eigenvalue weighted by atomic mass is 9.78. The molecule has 1 atom stereocenters. The van der Waals surface area contributed by atoms with Crippen LogP contribution in [-0.2, 0) is 20.4 Å². The van der Waals surface area contributed by atoms with E-state index in [0.29, 0.717) is 29.8 Å². The topological polar surface area (TPSA) is 93.1 Å². The van der Waals surface area contributed by atoms with Crippen molar-refractivity contribution in [2.24, 2.45) is 17.8 Å². The largest absolute Gasteiger partial charge is 0.508 e. The van der Waals surface area contributed by atoms with E-state index in [-0.39, 0.29) is 28.3 Å². The third-order valence-electron chi connectivity index (χ3n) is 8.85. The summed E-state index contributed by atoms with van der Waals surface area (Å²) in [5.41, 5.74) is 5.20. The molecule has 0 fully saturated rings. The summed E-state index contributed by atoms with van der Waals surface area (Å²) < 4.78 is 9.81. The van der Waals surface area contributed by atoms with Crippen LogP contribution in [0.1, 0.15) is 112 Å². The second-order valence-corrected chi connectivity index (χ2v) is 15.7. The molecule has 0 aliphatic carbocycles. The van der Waals surface area contributed by atoms with Gasteiger partial charge in [-0.3, -0.25) is 9.59 Å². The smallest absolute Gasteiger partial charge is 0.308 e. The Morgan fingerprint density at radius 2 is 1.00 bits per heavy atom. The van der Waals surface area contributed by atoms with Crippen LogP contribution in [0.3, 0.4) is 0 Å². The van der Waals surface area contributed by atoms with E-state index < -0.39 is 0 Å². The molecular weight excluding hydrogens is 721 g/mol. The zero-order valence-electron chi connectivity index (χ0n) is 37.2. The Morgan fingerprint density at radius 3 is 1.24 bits per heavy atom. The Bertz CT molecular complexity index is 1880. The van der Waals surface area contributed by atoms with E-state index in [4.69, 9.17) is 9.47 Å².